The second kappa shape index (κ2) is 6.23. The molecule has 3 rings (SSSR count). The summed E-state index contributed by atoms with van der Waals surface area (Å²) < 4.78 is 1.96. The highest BCUT2D eigenvalue weighted by Gasteiger charge is 2.07. The Labute approximate surface area is 130 Å². The van der Waals surface area contributed by atoms with E-state index in [9.17, 15) is 0 Å². The number of nitrogens with zero attached hydrogens (tertiary/aromatic N) is 4. The molecule has 22 heavy (non-hydrogen) atoms. The highest BCUT2D eigenvalue weighted by molar-refractivity contribution is 5.80. The van der Waals surface area contributed by atoms with E-state index >= 15 is 0 Å². The maximum Gasteiger partial charge on any atom is 0.143 e. The van der Waals surface area contributed by atoms with Crippen molar-refractivity contribution >= 4 is 10.9 Å². The Morgan fingerprint density at radius 2 is 2.00 bits per heavy atom. The van der Waals surface area contributed by atoms with Crippen molar-refractivity contribution in [2.75, 3.05) is 0 Å². The number of fused-ring (bicyclic) bond motifs is 1. The first-order valence-electron chi connectivity index (χ1n) is 7.56. The summed E-state index contributed by atoms with van der Waals surface area (Å²) in [6.45, 7) is 7.72. The van der Waals surface area contributed by atoms with Gasteiger partial charge in [0.2, 0.25) is 0 Å². The molecule has 0 saturated carbocycles. The van der Waals surface area contributed by atoms with Crippen molar-refractivity contribution in [2.45, 2.75) is 39.9 Å². The summed E-state index contributed by atoms with van der Waals surface area (Å²) in [4.78, 5) is 9.21. The smallest absolute Gasteiger partial charge is 0.143 e. The number of benzene rings is 1. The van der Waals surface area contributed by atoms with Gasteiger partial charge in [-0.2, -0.15) is 5.10 Å². The van der Waals surface area contributed by atoms with E-state index in [0.29, 0.717) is 12.6 Å². The van der Waals surface area contributed by atoms with Gasteiger partial charge in [-0.25, -0.2) is 9.97 Å². The molecule has 1 atom stereocenters. The molecule has 5 nitrogen and oxygen atoms in total. The molecule has 5 heteroatoms. The number of aromatic nitrogens is 4. The van der Waals surface area contributed by atoms with Gasteiger partial charge < -0.3 is 5.32 Å². The summed E-state index contributed by atoms with van der Waals surface area (Å²) in [5.74, 6) is 0.833. The largest absolute Gasteiger partial charge is 0.305 e. The van der Waals surface area contributed by atoms with Crippen LogP contribution in [0.1, 0.15) is 24.0 Å². The zero-order valence-corrected chi connectivity index (χ0v) is 13.2. The average molecular weight is 295 g/mol. The minimum Gasteiger partial charge on any atom is -0.305 e. The van der Waals surface area contributed by atoms with Gasteiger partial charge in [-0.1, -0.05) is 18.2 Å². The molecule has 0 fully saturated rings. The SMILES string of the molecule is Cc1cnn(CC(C)NCc2nc(C)c3ccccc3n2)c1. The minimum atomic E-state index is 0.301. The van der Waals surface area contributed by atoms with Crippen molar-refractivity contribution in [3.63, 3.8) is 0 Å². The Bertz CT molecular complexity index is 778. The molecule has 2 aromatic heterocycles. The van der Waals surface area contributed by atoms with Crippen LogP contribution in [0.4, 0.5) is 0 Å². The lowest BCUT2D eigenvalue weighted by Crippen LogP contribution is -2.30. The fourth-order valence-electron chi connectivity index (χ4n) is 2.55. The highest BCUT2D eigenvalue weighted by Crippen LogP contribution is 2.14. The van der Waals surface area contributed by atoms with Gasteiger partial charge in [-0.05, 0) is 32.4 Å². The summed E-state index contributed by atoms with van der Waals surface area (Å²) in [5, 5.41) is 8.89. The van der Waals surface area contributed by atoms with Crippen LogP contribution in [-0.4, -0.2) is 25.8 Å². The second-order valence-electron chi connectivity index (χ2n) is 5.76. The Hall–Kier alpha value is -2.27. The Morgan fingerprint density at radius 3 is 2.77 bits per heavy atom. The zero-order valence-electron chi connectivity index (χ0n) is 13.2. The molecule has 114 valence electrons. The van der Waals surface area contributed by atoms with Crippen LogP contribution in [0.2, 0.25) is 0 Å². The van der Waals surface area contributed by atoms with E-state index in [1.807, 2.05) is 42.9 Å². The van der Waals surface area contributed by atoms with Crippen LogP contribution in [0.3, 0.4) is 0 Å². The predicted molar refractivity (Wildman–Crippen MR) is 87.5 cm³/mol. The molecule has 0 aliphatic heterocycles. The molecule has 0 spiro atoms. The van der Waals surface area contributed by atoms with E-state index in [4.69, 9.17) is 0 Å². The molecule has 0 bridgehead atoms. The van der Waals surface area contributed by atoms with Crippen molar-refractivity contribution in [3.05, 3.63) is 53.7 Å². The molecule has 3 aromatic rings. The van der Waals surface area contributed by atoms with Gasteiger partial charge in [0.15, 0.2) is 0 Å². The summed E-state index contributed by atoms with van der Waals surface area (Å²) in [6.07, 6.45) is 3.93. The first-order valence-corrected chi connectivity index (χ1v) is 7.56. The summed E-state index contributed by atoms with van der Waals surface area (Å²) in [5.41, 5.74) is 3.21. The van der Waals surface area contributed by atoms with Gasteiger partial charge in [0.25, 0.3) is 0 Å². The van der Waals surface area contributed by atoms with E-state index in [-0.39, 0.29) is 0 Å². The molecule has 0 amide bonds. The lowest BCUT2D eigenvalue weighted by molar-refractivity contribution is 0.445. The van der Waals surface area contributed by atoms with Crippen LogP contribution in [0.5, 0.6) is 0 Å². The molecule has 1 N–H and O–H groups in total. The quantitative estimate of drug-likeness (QED) is 0.786. The number of hydrogen-bond donors (Lipinski definition) is 1. The van der Waals surface area contributed by atoms with Gasteiger partial charge >= 0.3 is 0 Å². The first-order chi connectivity index (χ1) is 10.6. The predicted octanol–water partition coefficient (Wildman–Crippen LogP) is 2.62. The molecule has 0 radical (unpaired) electrons. The van der Waals surface area contributed by atoms with Crippen molar-refractivity contribution in [2.24, 2.45) is 0 Å². The third kappa shape index (κ3) is 3.31. The Balaban J connectivity index is 1.66. The van der Waals surface area contributed by atoms with Crippen molar-refractivity contribution in [1.29, 1.82) is 0 Å². The standard InChI is InChI=1S/C17H21N5/c1-12-8-19-22(10-12)11-13(2)18-9-17-20-14(3)15-6-4-5-7-16(15)21-17/h4-8,10,13,18H,9,11H2,1-3H3. The topological polar surface area (TPSA) is 55.6 Å². The Morgan fingerprint density at radius 1 is 1.18 bits per heavy atom. The molecule has 0 aliphatic carbocycles. The van der Waals surface area contributed by atoms with Crippen LogP contribution in [0, 0.1) is 13.8 Å². The average Bonchev–Trinajstić information content (AvgIpc) is 2.90. The van der Waals surface area contributed by atoms with Crippen LogP contribution < -0.4 is 5.32 Å². The van der Waals surface area contributed by atoms with Gasteiger partial charge in [0, 0.05) is 23.3 Å². The normalized spacial score (nSPS) is 12.7. The van der Waals surface area contributed by atoms with Crippen molar-refractivity contribution in [1.82, 2.24) is 25.1 Å². The van der Waals surface area contributed by atoms with Gasteiger partial charge in [0.05, 0.1) is 24.8 Å². The number of nitrogens with one attached hydrogen (secondary N) is 1. The fourth-order valence-corrected chi connectivity index (χ4v) is 2.55. The lowest BCUT2D eigenvalue weighted by Gasteiger charge is -2.14. The molecule has 1 aromatic carbocycles. The van der Waals surface area contributed by atoms with Crippen molar-refractivity contribution in [3.8, 4) is 0 Å². The molecule has 0 aliphatic rings. The van der Waals surface area contributed by atoms with E-state index in [0.717, 1.165) is 29.0 Å². The number of aryl methyl sites for hydroxylation is 2. The monoisotopic (exact) mass is 295 g/mol. The van der Waals surface area contributed by atoms with Crippen LogP contribution in [-0.2, 0) is 13.1 Å². The van der Waals surface area contributed by atoms with E-state index in [1.165, 1.54) is 5.56 Å². The highest BCUT2D eigenvalue weighted by atomic mass is 15.3. The van der Waals surface area contributed by atoms with Gasteiger partial charge in [-0.15, -0.1) is 0 Å². The van der Waals surface area contributed by atoms with Gasteiger partial charge in [-0.3, -0.25) is 4.68 Å². The number of hydrogen-bond acceptors (Lipinski definition) is 4. The van der Waals surface area contributed by atoms with Gasteiger partial charge in [0.1, 0.15) is 5.82 Å². The third-order valence-corrected chi connectivity index (χ3v) is 3.67. The minimum absolute atomic E-state index is 0.301. The van der Waals surface area contributed by atoms with E-state index in [2.05, 4.69) is 39.6 Å². The molecule has 0 saturated heterocycles. The maximum atomic E-state index is 4.62. The lowest BCUT2D eigenvalue weighted by atomic mass is 10.2. The third-order valence-electron chi connectivity index (χ3n) is 3.67. The molecule has 1 unspecified atom stereocenters. The number of rotatable bonds is 5. The molecule has 2 heterocycles. The summed E-state index contributed by atoms with van der Waals surface area (Å²) in [7, 11) is 0. The zero-order chi connectivity index (χ0) is 15.5. The Kier molecular flexibility index (Phi) is 4.15. The number of para-hydroxylation sites is 1. The second-order valence-corrected chi connectivity index (χ2v) is 5.76. The van der Waals surface area contributed by atoms with Crippen LogP contribution >= 0.6 is 0 Å². The van der Waals surface area contributed by atoms with E-state index < -0.39 is 0 Å². The van der Waals surface area contributed by atoms with Crippen LogP contribution in [0.15, 0.2) is 36.7 Å². The van der Waals surface area contributed by atoms with E-state index in [1.54, 1.807) is 0 Å². The summed E-state index contributed by atoms with van der Waals surface area (Å²) >= 11 is 0. The molecular formula is C17H21N5. The first kappa shape index (κ1) is 14.7. The fraction of sp³-hybridized carbons (Fsp3) is 0.353. The van der Waals surface area contributed by atoms with Crippen LogP contribution in [0.25, 0.3) is 10.9 Å². The summed E-state index contributed by atoms with van der Waals surface area (Å²) in [6, 6.07) is 8.42. The van der Waals surface area contributed by atoms with Crippen molar-refractivity contribution < 1.29 is 0 Å². The maximum absolute atomic E-state index is 4.62. The molecular weight excluding hydrogens is 274 g/mol.